The molecule has 0 bridgehead atoms. The maximum Gasteiger partial charge on any atom is 0.253 e. The van der Waals surface area contributed by atoms with Crippen LogP contribution in [0, 0.1) is 0 Å². The summed E-state index contributed by atoms with van der Waals surface area (Å²) in [6.45, 7) is 0.970. The third-order valence-corrected chi connectivity index (χ3v) is 3.90. The van der Waals surface area contributed by atoms with E-state index in [-0.39, 0.29) is 5.91 Å². The van der Waals surface area contributed by atoms with E-state index in [9.17, 15) is 9.18 Å². The lowest BCUT2D eigenvalue weighted by Crippen LogP contribution is -2.39. The number of carbonyl (C=O) groups excluding carboxylic acids is 1. The minimum absolute atomic E-state index is 0.0499. The number of benzene rings is 1. The number of hydrogen-bond acceptors (Lipinski definition) is 1. The van der Waals surface area contributed by atoms with Gasteiger partial charge in [0.25, 0.3) is 5.91 Å². The Bertz CT molecular complexity index is 617. The largest absolute Gasteiger partial charge is 0.360 e. The molecule has 0 spiro atoms. The van der Waals surface area contributed by atoms with E-state index in [1.807, 2.05) is 6.07 Å². The molecule has 0 saturated carbocycles. The molecule has 0 radical (unpaired) electrons. The zero-order chi connectivity index (χ0) is 13.4. The van der Waals surface area contributed by atoms with Crippen molar-refractivity contribution in [2.45, 2.75) is 19.0 Å². The molecule has 2 aromatic rings. The lowest BCUT2D eigenvalue weighted by atomic mass is 10.1. The van der Waals surface area contributed by atoms with Crippen molar-refractivity contribution in [1.29, 1.82) is 0 Å². The van der Waals surface area contributed by atoms with Gasteiger partial charge in [0, 0.05) is 35.8 Å². The van der Waals surface area contributed by atoms with E-state index in [0.717, 1.165) is 10.9 Å². The topological polar surface area (TPSA) is 36.1 Å². The summed E-state index contributed by atoms with van der Waals surface area (Å²) in [4.78, 5) is 17.1. The van der Waals surface area contributed by atoms with Crippen LogP contribution in [0.5, 0.6) is 0 Å². The summed E-state index contributed by atoms with van der Waals surface area (Å²) >= 11 is 6.05. The third-order valence-electron chi connectivity index (χ3n) is 3.59. The maximum absolute atomic E-state index is 13.1. The van der Waals surface area contributed by atoms with Crippen molar-refractivity contribution < 1.29 is 9.18 Å². The van der Waals surface area contributed by atoms with Crippen molar-refractivity contribution in [3.63, 3.8) is 0 Å². The summed E-state index contributed by atoms with van der Waals surface area (Å²) in [7, 11) is 0. The lowest BCUT2D eigenvalue weighted by molar-refractivity contribution is 0.0667. The molecule has 0 unspecified atom stereocenters. The highest BCUT2D eigenvalue weighted by atomic mass is 35.5. The molecule has 1 aromatic carbocycles. The number of aromatic nitrogens is 1. The van der Waals surface area contributed by atoms with E-state index in [2.05, 4.69) is 4.98 Å². The normalized spacial score (nSPS) is 17.1. The summed E-state index contributed by atoms with van der Waals surface area (Å²) in [5.41, 5.74) is 1.51. The molecule has 3 nitrogen and oxygen atoms in total. The quantitative estimate of drug-likeness (QED) is 0.854. The Hall–Kier alpha value is -1.55. The van der Waals surface area contributed by atoms with E-state index >= 15 is 0 Å². The molecule has 1 N–H and O–H groups in total. The van der Waals surface area contributed by atoms with Crippen LogP contribution in [0.4, 0.5) is 4.39 Å². The molecule has 1 aromatic heterocycles. The molecule has 1 saturated heterocycles. The Morgan fingerprint density at radius 2 is 2.11 bits per heavy atom. The maximum atomic E-state index is 13.1. The summed E-state index contributed by atoms with van der Waals surface area (Å²) in [6, 6.07) is 5.41. The van der Waals surface area contributed by atoms with Crippen molar-refractivity contribution in [1.82, 2.24) is 9.88 Å². The molecule has 1 amide bonds. The minimum Gasteiger partial charge on any atom is -0.360 e. The van der Waals surface area contributed by atoms with Gasteiger partial charge in [0.1, 0.15) is 6.17 Å². The fourth-order valence-electron chi connectivity index (χ4n) is 2.45. The van der Waals surface area contributed by atoms with Gasteiger partial charge < -0.3 is 9.88 Å². The number of rotatable bonds is 1. The number of nitrogens with one attached hydrogen (secondary N) is 1. The van der Waals surface area contributed by atoms with Crippen LogP contribution in [-0.2, 0) is 0 Å². The van der Waals surface area contributed by atoms with Gasteiger partial charge in [0.15, 0.2) is 0 Å². The van der Waals surface area contributed by atoms with E-state index in [1.165, 1.54) is 0 Å². The van der Waals surface area contributed by atoms with Crippen molar-refractivity contribution >= 4 is 28.4 Å². The zero-order valence-corrected chi connectivity index (χ0v) is 11.1. The predicted molar refractivity (Wildman–Crippen MR) is 73.3 cm³/mol. The van der Waals surface area contributed by atoms with Crippen molar-refractivity contribution in [2.75, 3.05) is 13.1 Å². The molecule has 19 heavy (non-hydrogen) atoms. The first-order valence-corrected chi connectivity index (χ1v) is 6.73. The first-order chi connectivity index (χ1) is 9.15. The second kappa shape index (κ2) is 4.85. The molecule has 1 fully saturated rings. The van der Waals surface area contributed by atoms with Gasteiger partial charge in [-0.1, -0.05) is 11.6 Å². The number of nitrogens with zero attached hydrogens (tertiary/aromatic N) is 1. The Labute approximate surface area is 115 Å². The number of aromatic amines is 1. The highest BCUT2D eigenvalue weighted by Crippen LogP contribution is 2.25. The fourth-order valence-corrected chi connectivity index (χ4v) is 2.66. The molecular weight excluding hydrogens is 267 g/mol. The number of H-pyrrole nitrogens is 1. The van der Waals surface area contributed by atoms with Gasteiger partial charge in [-0.05, 0) is 31.0 Å². The highest BCUT2D eigenvalue weighted by molar-refractivity contribution is 6.35. The SMILES string of the molecule is O=C(c1ccc2[nH]cc(Cl)c2c1)N1CCC(F)CC1. The van der Waals surface area contributed by atoms with Gasteiger partial charge in [0.05, 0.1) is 5.02 Å². The number of hydrogen-bond donors (Lipinski definition) is 1. The van der Waals surface area contributed by atoms with E-state index in [1.54, 1.807) is 23.2 Å². The number of amides is 1. The Morgan fingerprint density at radius 1 is 1.37 bits per heavy atom. The van der Waals surface area contributed by atoms with Crippen LogP contribution in [0.15, 0.2) is 24.4 Å². The summed E-state index contributed by atoms with van der Waals surface area (Å²) in [6.07, 6.45) is 1.79. The minimum atomic E-state index is -0.773. The highest BCUT2D eigenvalue weighted by Gasteiger charge is 2.23. The molecule has 0 atom stereocenters. The monoisotopic (exact) mass is 280 g/mol. The number of halogens is 2. The predicted octanol–water partition coefficient (Wildman–Crippen LogP) is 3.40. The molecular formula is C14H14ClFN2O. The second-order valence-electron chi connectivity index (χ2n) is 4.86. The number of likely N-dealkylation sites (tertiary alicyclic amines) is 1. The fraction of sp³-hybridized carbons (Fsp3) is 0.357. The van der Waals surface area contributed by atoms with Crippen LogP contribution in [0.1, 0.15) is 23.2 Å². The number of carbonyl (C=O) groups is 1. The first kappa shape index (κ1) is 12.5. The van der Waals surface area contributed by atoms with Crippen LogP contribution in [-0.4, -0.2) is 35.1 Å². The van der Waals surface area contributed by atoms with Crippen LogP contribution >= 0.6 is 11.6 Å². The zero-order valence-electron chi connectivity index (χ0n) is 10.3. The van der Waals surface area contributed by atoms with Gasteiger partial charge in [-0.3, -0.25) is 4.79 Å². The first-order valence-electron chi connectivity index (χ1n) is 6.35. The lowest BCUT2D eigenvalue weighted by Gasteiger charge is -2.28. The Kier molecular flexibility index (Phi) is 3.19. The van der Waals surface area contributed by atoms with Crippen LogP contribution in [0.3, 0.4) is 0 Å². The molecule has 2 heterocycles. The number of piperidine rings is 1. The Morgan fingerprint density at radius 3 is 2.84 bits per heavy atom. The van der Waals surface area contributed by atoms with E-state index in [0.29, 0.717) is 36.5 Å². The van der Waals surface area contributed by atoms with Crippen molar-refractivity contribution in [3.05, 3.63) is 35.0 Å². The average Bonchev–Trinajstić information content (AvgIpc) is 2.80. The second-order valence-corrected chi connectivity index (χ2v) is 5.27. The summed E-state index contributed by atoms with van der Waals surface area (Å²) < 4.78 is 13.1. The van der Waals surface area contributed by atoms with Crippen LogP contribution in [0.25, 0.3) is 10.9 Å². The molecule has 5 heteroatoms. The van der Waals surface area contributed by atoms with Gasteiger partial charge in [0.2, 0.25) is 0 Å². The van der Waals surface area contributed by atoms with Gasteiger partial charge >= 0.3 is 0 Å². The smallest absolute Gasteiger partial charge is 0.253 e. The van der Waals surface area contributed by atoms with Crippen LogP contribution < -0.4 is 0 Å². The van der Waals surface area contributed by atoms with Crippen LogP contribution in [0.2, 0.25) is 5.02 Å². The van der Waals surface area contributed by atoms with E-state index < -0.39 is 6.17 Å². The standard InChI is InChI=1S/C14H14ClFN2O/c15-12-8-17-13-2-1-9(7-11(12)13)14(19)18-5-3-10(16)4-6-18/h1-2,7-8,10,17H,3-6H2. The molecule has 100 valence electrons. The Balaban J connectivity index is 1.87. The number of fused-ring (bicyclic) bond motifs is 1. The summed E-state index contributed by atoms with van der Waals surface area (Å²) in [5.74, 6) is -0.0499. The van der Waals surface area contributed by atoms with E-state index in [4.69, 9.17) is 11.6 Å². The molecule has 0 aliphatic carbocycles. The van der Waals surface area contributed by atoms with Gasteiger partial charge in [-0.15, -0.1) is 0 Å². The number of alkyl halides is 1. The molecule has 1 aliphatic heterocycles. The van der Waals surface area contributed by atoms with Crippen molar-refractivity contribution in [2.24, 2.45) is 0 Å². The van der Waals surface area contributed by atoms with Gasteiger partial charge in [-0.2, -0.15) is 0 Å². The summed E-state index contributed by atoms with van der Waals surface area (Å²) in [5, 5.41) is 1.44. The molecule has 1 aliphatic rings. The third kappa shape index (κ3) is 2.32. The van der Waals surface area contributed by atoms with Crippen molar-refractivity contribution in [3.8, 4) is 0 Å². The van der Waals surface area contributed by atoms with Gasteiger partial charge in [-0.25, -0.2) is 4.39 Å². The molecule has 3 rings (SSSR count). The average molecular weight is 281 g/mol.